The molecule has 1 fully saturated rings. The maximum atomic E-state index is 4.43. The number of nitrogens with one attached hydrogen (secondary N) is 2. The summed E-state index contributed by atoms with van der Waals surface area (Å²) in [6.07, 6.45) is 1.08. The Bertz CT molecular complexity index is 580. The fourth-order valence-electron chi connectivity index (χ4n) is 3.95. The molecule has 0 aliphatic carbocycles. The van der Waals surface area contributed by atoms with Crippen LogP contribution in [0.1, 0.15) is 27.2 Å². The number of hydrogen-bond donors (Lipinski definition) is 2. The molecule has 1 heterocycles. The quantitative estimate of drug-likeness (QED) is 0.357. The van der Waals surface area contributed by atoms with Crippen LogP contribution in [0.2, 0.25) is 0 Å². The van der Waals surface area contributed by atoms with E-state index >= 15 is 0 Å². The first-order valence-corrected chi connectivity index (χ1v) is 11.2. The molecule has 29 heavy (non-hydrogen) atoms. The largest absolute Gasteiger partial charge is 0.372 e. The van der Waals surface area contributed by atoms with Crippen molar-refractivity contribution < 1.29 is 0 Å². The van der Waals surface area contributed by atoms with Crippen molar-refractivity contribution >= 4 is 11.6 Å². The topological polar surface area (TPSA) is 46.1 Å². The second kappa shape index (κ2) is 12.7. The molecule has 2 N–H and O–H groups in total. The molecular weight excluding hydrogens is 360 g/mol. The van der Waals surface area contributed by atoms with Gasteiger partial charge >= 0.3 is 0 Å². The molecule has 0 saturated carbocycles. The van der Waals surface area contributed by atoms with Crippen LogP contribution in [0.4, 0.5) is 5.69 Å². The first-order valence-electron chi connectivity index (χ1n) is 11.2. The standard InChI is InChI=1S/C23H42N6/c1-6-28(21-11-8-7-9-12-21)14-10-13-25-23(24-4)26-19-22(20(2)3)29-17-15-27(5)16-18-29/h7-9,11-12,20,22H,6,10,13-19H2,1-5H3,(H2,24,25,26). The Morgan fingerprint density at radius 1 is 1.10 bits per heavy atom. The van der Waals surface area contributed by atoms with Crippen LogP contribution in [-0.2, 0) is 0 Å². The van der Waals surface area contributed by atoms with E-state index in [9.17, 15) is 0 Å². The Morgan fingerprint density at radius 3 is 2.38 bits per heavy atom. The predicted octanol–water partition coefficient (Wildman–Crippen LogP) is 2.34. The monoisotopic (exact) mass is 402 g/mol. The number of aliphatic imine (C=N–C) groups is 1. The molecule has 1 saturated heterocycles. The number of hydrogen-bond acceptors (Lipinski definition) is 4. The van der Waals surface area contributed by atoms with Crippen LogP contribution in [0.15, 0.2) is 35.3 Å². The molecule has 1 aliphatic heterocycles. The van der Waals surface area contributed by atoms with Crippen LogP contribution in [0.5, 0.6) is 0 Å². The number of rotatable bonds is 10. The van der Waals surface area contributed by atoms with Crippen LogP contribution < -0.4 is 15.5 Å². The number of piperazine rings is 1. The number of guanidine groups is 1. The number of para-hydroxylation sites is 1. The molecule has 1 aromatic rings. The van der Waals surface area contributed by atoms with Gasteiger partial charge < -0.3 is 20.4 Å². The van der Waals surface area contributed by atoms with Gasteiger partial charge in [-0.25, -0.2) is 0 Å². The van der Waals surface area contributed by atoms with E-state index in [0.29, 0.717) is 12.0 Å². The van der Waals surface area contributed by atoms with E-state index in [-0.39, 0.29) is 0 Å². The highest BCUT2D eigenvalue weighted by Crippen LogP contribution is 2.13. The molecule has 6 heteroatoms. The zero-order valence-electron chi connectivity index (χ0n) is 19.2. The van der Waals surface area contributed by atoms with Crippen molar-refractivity contribution in [1.29, 1.82) is 0 Å². The van der Waals surface area contributed by atoms with E-state index in [4.69, 9.17) is 0 Å². The molecule has 6 nitrogen and oxygen atoms in total. The lowest BCUT2D eigenvalue weighted by Gasteiger charge is -2.40. The highest BCUT2D eigenvalue weighted by Gasteiger charge is 2.25. The zero-order chi connectivity index (χ0) is 21.1. The normalized spacial score (nSPS) is 17.4. The van der Waals surface area contributed by atoms with E-state index < -0.39 is 0 Å². The summed E-state index contributed by atoms with van der Waals surface area (Å²) < 4.78 is 0. The van der Waals surface area contributed by atoms with Crippen LogP contribution in [0.3, 0.4) is 0 Å². The van der Waals surface area contributed by atoms with Crippen molar-refractivity contribution in [2.75, 3.05) is 71.4 Å². The van der Waals surface area contributed by atoms with Gasteiger partial charge in [-0.3, -0.25) is 9.89 Å². The van der Waals surface area contributed by atoms with Crippen LogP contribution in [0, 0.1) is 5.92 Å². The highest BCUT2D eigenvalue weighted by atomic mass is 15.3. The lowest BCUT2D eigenvalue weighted by molar-refractivity contribution is 0.0900. The Morgan fingerprint density at radius 2 is 1.79 bits per heavy atom. The second-order valence-electron chi connectivity index (χ2n) is 8.30. The minimum atomic E-state index is 0.538. The van der Waals surface area contributed by atoms with Crippen molar-refractivity contribution in [2.24, 2.45) is 10.9 Å². The molecule has 2 rings (SSSR count). The molecule has 0 spiro atoms. The van der Waals surface area contributed by atoms with Crippen molar-refractivity contribution in [3.63, 3.8) is 0 Å². The van der Waals surface area contributed by atoms with Gasteiger partial charge in [0.25, 0.3) is 0 Å². The Balaban J connectivity index is 1.73. The highest BCUT2D eigenvalue weighted by molar-refractivity contribution is 5.79. The average molecular weight is 403 g/mol. The van der Waals surface area contributed by atoms with Gasteiger partial charge in [0.15, 0.2) is 5.96 Å². The third-order valence-electron chi connectivity index (χ3n) is 5.88. The Labute approximate surface area is 178 Å². The number of likely N-dealkylation sites (N-methyl/N-ethyl adjacent to an activating group) is 1. The summed E-state index contributed by atoms with van der Waals surface area (Å²) in [5.74, 6) is 1.53. The van der Waals surface area contributed by atoms with Crippen molar-refractivity contribution in [3.05, 3.63) is 30.3 Å². The third kappa shape index (κ3) is 7.86. The summed E-state index contributed by atoms with van der Waals surface area (Å²) in [7, 11) is 4.07. The number of nitrogens with zero attached hydrogens (tertiary/aromatic N) is 4. The molecule has 1 aliphatic rings. The van der Waals surface area contributed by atoms with E-state index in [1.807, 2.05) is 7.05 Å². The van der Waals surface area contributed by atoms with E-state index in [1.54, 1.807) is 0 Å². The number of benzene rings is 1. The predicted molar refractivity (Wildman–Crippen MR) is 126 cm³/mol. The molecule has 1 unspecified atom stereocenters. The van der Waals surface area contributed by atoms with Crippen molar-refractivity contribution in [1.82, 2.24) is 20.4 Å². The molecule has 164 valence electrons. The lowest BCUT2D eigenvalue weighted by Crippen LogP contribution is -2.55. The fraction of sp³-hybridized carbons (Fsp3) is 0.696. The van der Waals surface area contributed by atoms with Gasteiger partial charge in [-0.2, -0.15) is 0 Å². The van der Waals surface area contributed by atoms with Gasteiger partial charge in [0, 0.05) is 71.1 Å². The van der Waals surface area contributed by atoms with Crippen molar-refractivity contribution in [3.8, 4) is 0 Å². The summed E-state index contributed by atoms with van der Waals surface area (Å²) in [5.41, 5.74) is 1.30. The van der Waals surface area contributed by atoms with E-state index in [2.05, 4.69) is 88.5 Å². The molecule has 1 atom stereocenters. The zero-order valence-corrected chi connectivity index (χ0v) is 19.2. The molecular formula is C23H42N6. The molecule has 0 amide bonds. The third-order valence-corrected chi connectivity index (χ3v) is 5.88. The smallest absolute Gasteiger partial charge is 0.191 e. The van der Waals surface area contributed by atoms with Crippen LogP contribution >= 0.6 is 0 Å². The molecule has 1 aromatic carbocycles. The summed E-state index contributed by atoms with van der Waals surface area (Å²) in [4.78, 5) is 11.9. The molecule has 0 aromatic heterocycles. The maximum Gasteiger partial charge on any atom is 0.191 e. The minimum Gasteiger partial charge on any atom is -0.372 e. The Hall–Kier alpha value is -1.79. The number of anilines is 1. The van der Waals surface area contributed by atoms with Gasteiger partial charge in [0.05, 0.1) is 0 Å². The summed E-state index contributed by atoms with van der Waals surface area (Å²) in [5, 5.41) is 7.05. The van der Waals surface area contributed by atoms with Gasteiger partial charge in [0.1, 0.15) is 0 Å². The first-order chi connectivity index (χ1) is 14.0. The molecule has 0 radical (unpaired) electrons. The Kier molecular flexibility index (Phi) is 10.3. The first kappa shape index (κ1) is 23.5. The second-order valence-corrected chi connectivity index (χ2v) is 8.30. The lowest BCUT2D eigenvalue weighted by atomic mass is 10.0. The molecule has 0 bridgehead atoms. The van der Waals surface area contributed by atoms with Gasteiger partial charge in [-0.05, 0) is 38.4 Å². The van der Waals surface area contributed by atoms with Crippen LogP contribution in [0.25, 0.3) is 0 Å². The van der Waals surface area contributed by atoms with E-state index in [0.717, 1.165) is 64.7 Å². The van der Waals surface area contributed by atoms with Crippen LogP contribution in [-0.4, -0.2) is 88.3 Å². The van der Waals surface area contributed by atoms with Gasteiger partial charge in [-0.15, -0.1) is 0 Å². The SMILES string of the molecule is CCN(CCCNC(=NC)NCC(C(C)C)N1CCN(C)CC1)c1ccccc1. The summed E-state index contributed by atoms with van der Waals surface area (Å²) in [6.45, 7) is 15.4. The fourth-order valence-corrected chi connectivity index (χ4v) is 3.95. The summed E-state index contributed by atoms with van der Waals surface area (Å²) in [6, 6.07) is 11.2. The average Bonchev–Trinajstić information content (AvgIpc) is 2.74. The van der Waals surface area contributed by atoms with Gasteiger partial charge in [0.2, 0.25) is 0 Å². The van der Waals surface area contributed by atoms with E-state index in [1.165, 1.54) is 5.69 Å². The minimum absolute atomic E-state index is 0.538. The maximum absolute atomic E-state index is 4.43. The van der Waals surface area contributed by atoms with Crippen molar-refractivity contribution in [2.45, 2.75) is 33.2 Å². The van der Waals surface area contributed by atoms with Gasteiger partial charge in [-0.1, -0.05) is 32.0 Å². The summed E-state index contributed by atoms with van der Waals surface area (Å²) >= 11 is 0.